The number of fused-ring (bicyclic) bond motifs is 1. The number of likely N-dealkylation sites (tertiary alicyclic amines) is 1. The largest absolute Gasteiger partial charge is 0.490 e. The summed E-state index contributed by atoms with van der Waals surface area (Å²) >= 11 is 0. The maximum absolute atomic E-state index is 10.6. The molecular weight excluding hydrogens is 438 g/mol. The quantitative estimate of drug-likeness (QED) is 0.385. The number of aromatic nitrogens is 2. The van der Waals surface area contributed by atoms with Crippen molar-refractivity contribution in [2.24, 2.45) is 0 Å². The molecule has 180 valence electrons. The van der Waals surface area contributed by atoms with Gasteiger partial charge < -0.3 is 19.5 Å². The van der Waals surface area contributed by atoms with Crippen LogP contribution in [-0.2, 0) is 4.74 Å². The molecule has 1 aliphatic rings. The fraction of sp³-hybridized carbons (Fsp3) is 0.310. The Morgan fingerprint density at radius 3 is 2.43 bits per heavy atom. The molecule has 3 heterocycles. The summed E-state index contributed by atoms with van der Waals surface area (Å²) in [6.07, 6.45) is 6.76. The van der Waals surface area contributed by atoms with Crippen molar-refractivity contribution < 1.29 is 14.6 Å². The number of rotatable bonds is 9. The van der Waals surface area contributed by atoms with Crippen LogP contribution in [0.3, 0.4) is 0 Å². The number of ether oxygens (including phenoxy) is 2. The van der Waals surface area contributed by atoms with Crippen molar-refractivity contribution in [3.63, 3.8) is 0 Å². The summed E-state index contributed by atoms with van der Waals surface area (Å²) < 4.78 is 12.6. The molecule has 2 aromatic carbocycles. The Bertz CT molecular complexity index is 1150. The second kappa shape index (κ2) is 11.4. The molecule has 4 aromatic rings. The maximum atomic E-state index is 10.6. The second-order valence-electron chi connectivity index (χ2n) is 9.00. The SMILES string of the molecule is OC(COc1cccc2ncccc12)CN1CCC(OC(c2ccccc2)c2ccncc2)CC1. The fourth-order valence-electron chi connectivity index (χ4n) is 4.67. The number of hydrogen-bond donors (Lipinski definition) is 1. The van der Waals surface area contributed by atoms with Crippen molar-refractivity contribution in [3.05, 3.63) is 103 Å². The van der Waals surface area contributed by atoms with Gasteiger partial charge in [-0.1, -0.05) is 36.4 Å². The molecule has 1 saturated heterocycles. The van der Waals surface area contributed by atoms with Crippen LogP contribution in [0.1, 0.15) is 30.1 Å². The molecule has 0 aliphatic carbocycles. The summed E-state index contributed by atoms with van der Waals surface area (Å²) in [5.41, 5.74) is 3.16. The molecule has 0 saturated carbocycles. The molecule has 0 bridgehead atoms. The van der Waals surface area contributed by atoms with Crippen LogP contribution in [0.5, 0.6) is 5.75 Å². The van der Waals surface area contributed by atoms with E-state index < -0.39 is 6.10 Å². The lowest BCUT2D eigenvalue weighted by Gasteiger charge is -2.35. The number of β-amino-alcohol motifs (C(OH)–C–C–N with tert-alkyl or cyclic N) is 1. The van der Waals surface area contributed by atoms with E-state index in [0.29, 0.717) is 6.54 Å². The van der Waals surface area contributed by atoms with E-state index in [4.69, 9.17) is 9.47 Å². The molecule has 1 aliphatic heterocycles. The maximum Gasteiger partial charge on any atom is 0.128 e. The molecule has 1 N–H and O–H groups in total. The molecule has 6 nitrogen and oxygen atoms in total. The predicted octanol–water partition coefficient (Wildman–Crippen LogP) is 4.64. The van der Waals surface area contributed by atoms with E-state index in [1.165, 1.54) is 0 Å². The highest BCUT2D eigenvalue weighted by Crippen LogP contribution is 2.30. The average Bonchev–Trinajstić information content (AvgIpc) is 2.92. The molecule has 1 fully saturated rings. The van der Waals surface area contributed by atoms with Crippen molar-refractivity contribution in [1.29, 1.82) is 0 Å². The molecule has 2 unspecified atom stereocenters. The van der Waals surface area contributed by atoms with Crippen molar-refractivity contribution in [2.75, 3.05) is 26.2 Å². The average molecular weight is 470 g/mol. The summed E-state index contributed by atoms with van der Waals surface area (Å²) in [5.74, 6) is 0.754. The molecule has 35 heavy (non-hydrogen) atoms. The Morgan fingerprint density at radius 1 is 0.857 bits per heavy atom. The van der Waals surface area contributed by atoms with Gasteiger partial charge in [0.05, 0.1) is 11.6 Å². The topological polar surface area (TPSA) is 67.7 Å². The first-order valence-corrected chi connectivity index (χ1v) is 12.2. The minimum absolute atomic E-state index is 0.107. The zero-order chi connectivity index (χ0) is 23.9. The summed E-state index contributed by atoms with van der Waals surface area (Å²) in [6, 6.07) is 24.1. The van der Waals surface area contributed by atoms with Gasteiger partial charge in [0.15, 0.2) is 0 Å². The van der Waals surface area contributed by atoms with Crippen molar-refractivity contribution in [3.8, 4) is 5.75 Å². The van der Waals surface area contributed by atoms with Gasteiger partial charge in [-0.3, -0.25) is 9.97 Å². The lowest BCUT2D eigenvalue weighted by molar-refractivity contribution is -0.0346. The summed E-state index contributed by atoms with van der Waals surface area (Å²) in [5, 5.41) is 11.6. The first kappa shape index (κ1) is 23.4. The lowest BCUT2D eigenvalue weighted by Crippen LogP contribution is -2.42. The van der Waals surface area contributed by atoms with Crippen molar-refractivity contribution in [1.82, 2.24) is 14.9 Å². The van der Waals surface area contributed by atoms with Gasteiger partial charge in [0.1, 0.15) is 24.6 Å². The Labute approximate surface area is 206 Å². The number of nitrogens with zero attached hydrogens (tertiary/aromatic N) is 3. The van der Waals surface area contributed by atoms with Gasteiger partial charge in [0, 0.05) is 43.6 Å². The Kier molecular flexibility index (Phi) is 7.63. The monoisotopic (exact) mass is 469 g/mol. The van der Waals surface area contributed by atoms with E-state index in [-0.39, 0.29) is 18.8 Å². The number of pyridine rings is 2. The van der Waals surface area contributed by atoms with E-state index in [9.17, 15) is 5.11 Å². The minimum atomic E-state index is -0.562. The molecule has 5 rings (SSSR count). The van der Waals surface area contributed by atoms with Gasteiger partial charge in [-0.25, -0.2) is 0 Å². The third kappa shape index (κ3) is 6.03. The van der Waals surface area contributed by atoms with Crippen LogP contribution >= 0.6 is 0 Å². The number of benzene rings is 2. The van der Waals surface area contributed by atoms with Gasteiger partial charge in [-0.15, -0.1) is 0 Å². The van der Waals surface area contributed by atoms with E-state index in [1.807, 2.05) is 73.1 Å². The molecular formula is C29H31N3O3. The zero-order valence-corrected chi connectivity index (χ0v) is 19.7. The first-order valence-electron chi connectivity index (χ1n) is 12.2. The second-order valence-corrected chi connectivity index (χ2v) is 9.00. The molecule has 6 heteroatoms. The van der Waals surface area contributed by atoms with Crippen LogP contribution in [0, 0.1) is 0 Å². The van der Waals surface area contributed by atoms with Crippen LogP contribution in [0.25, 0.3) is 10.9 Å². The molecule has 0 amide bonds. The normalized spacial score (nSPS) is 16.7. The van der Waals surface area contributed by atoms with E-state index in [2.05, 4.69) is 27.0 Å². The van der Waals surface area contributed by atoms with Gasteiger partial charge >= 0.3 is 0 Å². The number of hydrogen-bond acceptors (Lipinski definition) is 6. The highest BCUT2D eigenvalue weighted by atomic mass is 16.5. The smallest absolute Gasteiger partial charge is 0.128 e. The van der Waals surface area contributed by atoms with Crippen molar-refractivity contribution >= 4 is 10.9 Å². The van der Waals surface area contributed by atoms with Gasteiger partial charge in [0.25, 0.3) is 0 Å². The predicted molar refractivity (Wildman–Crippen MR) is 136 cm³/mol. The highest BCUT2D eigenvalue weighted by molar-refractivity contribution is 5.84. The molecule has 2 aromatic heterocycles. The Morgan fingerprint density at radius 2 is 1.63 bits per heavy atom. The highest BCUT2D eigenvalue weighted by Gasteiger charge is 2.26. The summed E-state index contributed by atoms with van der Waals surface area (Å²) in [6.45, 7) is 2.61. The van der Waals surface area contributed by atoms with Crippen LogP contribution in [0.4, 0.5) is 0 Å². The van der Waals surface area contributed by atoms with E-state index in [1.54, 1.807) is 6.20 Å². The van der Waals surface area contributed by atoms with Crippen LogP contribution in [0.15, 0.2) is 91.4 Å². The number of aliphatic hydroxyl groups is 1. The number of piperidine rings is 1. The van der Waals surface area contributed by atoms with Gasteiger partial charge in [0.2, 0.25) is 0 Å². The van der Waals surface area contributed by atoms with E-state index >= 15 is 0 Å². The molecule has 2 atom stereocenters. The third-order valence-corrected chi connectivity index (χ3v) is 6.48. The Balaban J connectivity index is 1.13. The summed E-state index contributed by atoms with van der Waals surface area (Å²) in [7, 11) is 0. The lowest BCUT2D eigenvalue weighted by atomic mass is 10.0. The van der Waals surface area contributed by atoms with Crippen LogP contribution in [0.2, 0.25) is 0 Å². The summed E-state index contributed by atoms with van der Waals surface area (Å²) in [4.78, 5) is 10.8. The minimum Gasteiger partial charge on any atom is -0.490 e. The van der Waals surface area contributed by atoms with Crippen LogP contribution in [-0.4, -0.2) is 58.4 Å². The Hall–Kier alpha value is -3.32. The zero-order valence-electron chi connectivity index (χ0n) is 19.7. The van der Waals surface area contributed by atoms with Crippen LogP contribution < -0.4 is 4.74 Å². The fourth-order valence-corrected chi connectivity index (χ4v) is 4.67. The number of aliphatic hydroxyl groups excluding tert-OH is 1. The van der Waals surface area contributed by atoms with Gasteiger partial charge in [-0.2, -0.15) is 0 Å². The molecule has 0 radical (unpaired) electrons. The van der Waals surface area contributed by atoms with Crippen molar-refractivity contribution in [2.45, 2.75) is 31.2 Å². The third-order valence-electron chi connectivity index (χ3n) is 6.48. The standard InChI is InChI=1S/C29H31N3O3/c33-24(21-34-28-10-4-9-27-26(28)8-5-15-31-27)20-32-18-13-25(14-19-32)35-29(22-6-2-1-3-7-22)23-11-16-30-17-12-23/h1-12,15-17,24-25,29,33H,13-14,18-21H2. The molecule has 0 spiro atoms. The van der Waals surface area contributed by atoms with Gasteiger partial charge in [-0.05, 0) is 60.4 Å². The first-order chi connectivity index (χ1) is 17.3. The van der Waals surface area contributed by atoms with E-state index in [0.717, 1.165) is 53.7 Å².